The summed E-state index contributed by atoms with van der Waals surface area (Å²) in [5, 5.41) is 3.13. The number of aryl methyl sites for hydroxylation is 3. The monoisotopic (exact) mass is 436 g/mol. The Labute approximate surface area is 183 Å². The van der Waals surface area contributed by atoms with Crippen LogP contribution in [0, 0.1) is 13.8 Å². The molecule has 0 unspecified atom stereocenters. The van der Waals surface area contributed by atoms with Gasteiger partial charge in [0.1, 0.15) is 12.1 Å². The predicted molar refractivity (Wildman–Crippen MR) is 122 cm³/mol. The van der Waals surface area contributed by atoms with Crippen LogP contribution in [0.3, 0.4) is 0 Å². The fourth-order valence-electron chi connectivity index (χ4n) is 3.63. The number of para-hydroxylation sites is 1. The van der Waals surface area contributed by atoms with Crippen molar-refractivity contribution in [2.45, 2.75) is 20.4 Å². The number of hydrogen-bond donors (Lipinski definition) is 1. The Balaban J connectivity index is 1.89. The molecule has 0 atom stereocenters. The second-order valence-corrected chi connectivity index (χ2v) is 7.86. The van der Waals surface area contributed by atoms with Gasteiger partial charge in [-0.3, -0.25) is 14.2 Å². The third-order valence-electron chi connectivity index (χ3n) is 5.28. The molecule has 0 fully saturated rings. The van der Waals surface area contributed by atoms with E-state index in [4.69, 9.17) is 11.6 Å². The summed E-state index contributed by atoms with van der Waals surface area (Å²) in [6.07, 6.45) is 0. The second-order valence-electron chi connectivity index (χ2n) is 7.45. The third-order valence-corrected chi connectivity index (χ3v) is 5.61. The number of carbonyl (C=O) groups excluding carboxylic acids is 1. The summed E-state index contributed by atoms with van der Waals surface area (Å²) in [7, 11) is 1.76. The maximum Gasteiger partial charge on any atom is 0.336 e. The van der Waals surface area contributed by atoms with Crippen molar-refractivity contribution < 1.29 is 4.79 Å². The number of benzene rings is 2. The van der Waals surface area contributed by atoms with E-state index in [1.54, 1.807) is 60.1 Å². The highest BCUT2D eigenvalue weighted by Gasteiger charge is 2.20. The first-order valence-electron chi connectivity index (χ1n) is 9.71. The molecule has 2 aromatic heterocycles. The van der Waals surface area contributed by atoms with Crippen LogP contribution in [-0.4, -0.2) is 19.6 Å². The van der Waals surface area contributed by atoms with Crippen molar-refractivity contribution in [1.82, 2.24) is 13.7 Å². The van der Waals surface area contributed by atoms with Gasteiger partial charge in [0.05, 0.1) is 21.9 Å². The Morgan fingerprint density at radius 1 is 1.03 bits per heavy atom. The van der Waals surface area contributed by atoms with Crippen LogP contribution in [0.5, 0.6) is 0 Å². The molecule has 158 valence electrons. The molecule has 0 saturated heterocycles. The summed E-state index contributed by atoms with van der Waals surface area (Å²) < 4.78 is 4.15. The van der Waals surface area contributed by atoms with E-state index in [1.165, 1.54) is 4.57 Å². The molecular weight excluding hydrogens is 416 g/mol. The van der Waals surface area contributed by atoms with Crippen molar-refractivity contribution in [3.8, 4) is 5.69 Å². The molecule has 1 amide bonds. The van der Waals surface area contributed by atoms with E-state index in [0.717, 1.165) is 15.8 Å². The number of anilines is 1. The van der Waals surface area contributed by atoms with E-state index in [-0.39, 0.29) is 6.54 Å². The Hall–Kier alpha value is -3.58. The van der Waals surface area contributed by atoms with Gasteiger partial charge in [-0.2, -0.15) is 0 Å². The summed E-state index contributed by atoms with van der Waals surface area (Å²) >= 11 is 6.13. The molecule has 7 nitrogen and oxygen atoms in total. The molecule has 0 saturated carbocycles. The van der Waals surface area contributed by atoms with Crippen molar-refractivity contribution in [2.24, 2.45) is 7.05 Å². The Bertz CT molecular complexity index is 1450. The van der Waals surface area contributed by atoms with Gasteiger partial charge in [0.2, 0.25) is 5.91 Å². The molecule has 4 rings (SSSR count). The third kappa shape index (κ3) is 3.68. The number of carbonyl (C=O) groups is 1. The van der Waals surface area contributed by atoms with Gasteiger partial charge >= 0.3 is 5.69 Å². The molecule has 2 heterocycles. The van der Waals surface area contributed by atoms with Gasteiger partial charge in [0.15, 0.2) is 0 Å². The van der Waals surface area contributed by atoms with Crippen LogP contribution >= 0.6 is 11.6 Å². The van der Waals surface area contributed by atoms with E-state index in [0.29, 0.717) is 27.4 Å². The fraction of sp³-hybridized carbons (Fsp3) is 0.174. The lowest BCUT2D eigenvalue weighted by atomic mass is 10.2. The number of nitrogens with zero attached hydrogens (tertiary/aromatic N) is 3. The number of hydrogen-bond acceptors (Lipinski definition) is 3. The molecule has 0 aliphatic rings. The zero-order valence-electron chi connectivity index (χ0n) is 17.3. The van der Waals surface area contributed by atoms with Crippen LogP contribution < -0.4 is 16.6 Å². The number of halogens is 1. The normalized spacial score (nSPS) is 11.1. The first-order valence-corrected chi connectivity index (χ1v) is 10.1. The molecule has 1 N–H and O–H groups in total. The largest absolute Gasteiger partial charge is 0.342 e. The Kier molecular flexibility index (Phi) is 5.29. The highest BCUT2D eigenvalue weighted by Crippen LogP contribution is 2.21. The Morgan fingerprint density at radius 2 is 1.77 bits per heavy atom. The lowest BCUT2D eigenvalue weighted by Gasteiger charge is -2.14. The number of aromatic nitrogens is 3. The van der Waals surface area contributed by atoms with E-state index in [1.807, 2.05) is 19.9 Å². The molecule has 0 aliphatic heterocycles. The van der Waals surface area contributed by atoms with Gasteiger partial charge in [0, 0.05) is 12.7 Å². The van der Waals surface area contributed by atoms with Gasteiger partial charge < -0.3 is 9.88 Å². The summed E-state index contributed by atoms with van der Waals surface area (Å²) in [4.78, 5) is 39.5. The van der Waals surface area contributed by atoms with Crippen molar-refractivity contribution in [3.63, 3.8) is 0 Å². The summed E-state index contributed by atoms with van der Waals surface area (Å²) in [6, 6.07) is 15.7. The number of fused-ring (bicyclic) bond motifs is 1. The van der Waals surface area contributed by atoms with Crippen LogP contribution in [0.1, 0.15) is 11.3 Å². The van der Waals surface area contributed by atoms with Crippen molar-refractivity contribution in [3.05, 3.63) is 91.7 Å². The smallest absolute Gasteiger partial charge is 0.336 e. The zero-order chi connectivity index (χ0) is 22.3. The molecule has 0 radical (unpaired) electrons. The van der Waals surface area contributed by atoms with E-state index in [2.05, 4.69) is 5.32 Å². The molecule has 0 bridgehead atoms. The molecule has 8 heteroatoms. The van der Waals surface area contributed by atoms with E-state index < -0.39 is 17.2 Å². The first-order chi connectivity index (χ1) is 14.8. The summed E-state index contributed by atoms with van der Waals surface area (Å²) in [6.45, 7) is 3.46. The second kappa shape index (κ2) is 7.92. The van der Waals surface area contributed by atoms with E-state index in [9.17, 15) is 14.4 Å². The van der Waals surface area contributed by atoms with Gasteiger partial charge in [0.25, 0.3) is 5.56 Å². The zero-order valence-corrected chi connectivity index (χ0v) is 18.1. The van der Waals surface area contributed by atoms with Gasteiger partial charge in [-0.1, -0.05) is 35.9 Å². The lowest BCUT2D eigenvalue weighted by Crippen LogP contribution is -2.41. The average molecular weight is 437 g/mol. The molecule has 31 heavy (non-hydrogen) atoms. The Morgan fingerprint density at radius 3 is 2.48 bits per heavy atom. The number of nitrogens with one attached hydrogen (secondary N) is 1. The minimum atomic E-state index is -0.581. The minimum absolute atomic E-state index is 0.268. The lowest BCUT2D eigenvalue weighted by molar-refractivity contribution is -0.116. The summed E-state index contributed by atoms with van der Waals surface area (Å²) in [5.41, 5.74) is 2.37. The minimum Gasteiger partial charge on any atom is -0.342 e. The topological polar surface area (TPSA) is 78.0 Å². The fourth-order valence-corrected chi connectivity index (χ4v) is 3.81. The van der Waals surface area contributed by atoms with Gasteiger partial charge in [-0.25, -0.2) is 9.36 Å². The SMILES string of the molecule is Cc1cccc(-n2c(=O)c3c(cc(C)n3C)n(CC(=O)Nc3ccccc3Cl)c2=O)c1. The highest BCUT2D eigenvalue weighted by atomic mass is 35.5. The molecule has 2 aromatic carbocycles. The first kappa shape index (κ1) is 20.7. The van der Waals surface area contributed by atoms with Crippen LogP contribution in [0.25, 0.3) is 16.7 Å². The van der Waals surface area contributed by atoms with Crippen molar-refractivity contribution in [1.29, 1.82) is 0 Å². The van der Waals surface area contributed by atoms with Crippen LogP contribution in [0.15, 0.2) is 64.2 Å². The maximum atomic E-state index is 13.4. The quantitative estimate of drug-likeness (QED) is 0.532. The average Bonchev–Trinajstić information content (AvgIpc) is 3.02. The van der Waals surface area contributed by atoms with Crippen LogP contribution in [-0.2, 0) is 18.4 Å². The predicted octanol–water partition coefficient (Wildman–Crippen LogP) is 3.40. The number of rotatable bonds is 4. The standard InChI is InChI=1S/C23H21ClN4O3/c1-14-7-6-8-16(11-14)28-22(30)21-19(12-15(2)26(21)3)27(23(28)31)13-20(29)25-18-10-5-4-9-17(18)24/h4-12H,13H2,1-3H3,(H,25,29). The molecule has 0 spiro atoms. The van der Waals surface area contributed by atoms with E-state index >= 15 is 0 Å². The maximum absolute atomic E-state index is 13.4. The summed E-state index contributed by atoms with van der Waals surface area (Å²) in [5.74, 6) is -0.424. The molecular formula is C23H21ClN4O3. The molecule has 0 aliphatic carbocycles. The van der Waals surface area contributed by atoms with Crippen LogP contribution in [0.2, 0.25) is 5.02 Å². The highest BCUT2D eigenvalue weighted by molar-refractivity contribution is 6.33. The van der Waals surface area contributed by atoms with Crippen molar-refractivity contribution >= 4 is 34.2 Å². The number of amides is 1. The molecule has 4 aromatic rings. The van der Waals surface area contributed by atoms with Crippen molar-refractivity contribution in [2.75, 3.05) is 5.32 Å². The van der Waals surface area contributed by atoms with Gasteiger partial charge in [-0.15, -0.1) is 0 Å². The van der Waals surface area contributed by atoms with Crippen LogP contribution in [0.4, 0.5) is 5.69 Å². The van der Waals surface area contributed by atoms with Gasteiger partial charge in [-0.05, 0) is 49.7 Å².